The van der Waals surface area contributed by atoms with Crippen LogP contribution in [0.15, 0.2) is 48.5 Å². The van der Waals surface area contributed by atoms with Crippen molar-refractivity contribution in [2.24, 2.45) is 5.92 Å². The molecule has 0 spiro atoms. The summed E-state index contributed by atoms with van der Waals surface area (Å²) in [6, 6.07) is 15.2. The molecule has 0 aliphatic carbocycles. The second-order valence-electron chi connectivity index (χ2n) is 6.05. The molecule has 2 N–H and O–H groups in total. The van der Waals surface area contributed by atoms with Crippen LogP contribution < -0.4 is 5.73 Å². The molecular weight excluding hydrogens is 299 g/mol. The lowest BCUT2D eigenvalue weighted by molar-refractivity contribution is 0.241. The molecule has 2 nitrogen and oxygen atoms in total. The van der Waals surface area contributed by atoms with Gasteiger partial charge in [0.2, 0.25) is 0 Å². The predicted molar refractivity (Wildman–Crippen MR) is 91.4 cm³/mol. The molecule has 1 aliphatic heterocycles. The summed E-state index contributed by atoms with van der Waals surface area (Å²) in [4.78, 5) is 2.36. The van der Waals surface area contributed by atoms with Crippen LogP contribution in [0.3, 0.4) is 0 Å². The van der Waals surface area contributed by atoms with Crippen LogP contribution in [0, 0.1) is 11.7 Å². The fraction of sp³-hybridized carbons (Fsp3) is 0.333. The second kappa shape index (κ2) is 7.12. The molecule has 0 bridgehead atoms. The molecule has 0 aromatic heterocycles. The van der Waals surface area contributed by atoms with Crippen molar-refractivity contribution in [1.29, 1.82) is 0 Å². The van der Waals surface area contributed by atoms with E-state index >= 15 is 0 Å². The summed E-state index contributed by atoms with van der Waals surface area (Å²) < 4.78 is 14.1. The molecule has 2 aromatic rings. The maximum Gasteiger partial charge on any atom is 0.127 e. The van der Waals surface area contributed by atoms with Crippen LogP contribution in [0.5, 0.6) is 0 Å². The van der Waals surface area contributed by atoms with Gasteiger partial charge in [-0.2, -0.15) is 0 Å². The number of nitrogens with two attached hydrogens (primary N) is 1. The molecule has 22 heavy (non-hydrogen) atoms. The van der Waals surface area contributed by atoms with Crippen molar-refractivity contribution in [2.75, 3.05) is 12.3 Å². The highest BCUT2D eigenvalue weighted by Gasteiger charge is 2.32. The van der Waals surface area contributed by atoms with Gasteiger partial charge in [-0.15, -0.1) is 12.4 Å². The van der Waals surface area contributed by atoms with Crippen molar-refractivity contribution in [3.8, 4) is 0 Å². The molecule has 0 radical (unpaired) electrons. The number of likely N-dealkylation sites (tertiary alicyclic amines) is 1. The lowest BCUT2D eigenvalue weighted by atomic mass is 10.0. The minimum absolute atomic E-state index is 0. The number of hydrogen-bond donors (Lipinski definition) is 1. The highest BCUT2D eigenvalue weighted by molar-refractivity contribution is 5.85. The van der Waals surface area contributed by atoms with Crippen LogP contribution >= 0.6 is 12.4 Å². The van der Waals surface area contributed by atoms with Crippen LogP contribution in [0.25, 0.3) is 0 Å². The highest BCUT2D eigenvalue weighted by atomic mass is 35.5. The van der Waals surface area contributed by atoms with E-state index in [9.17, 15) is 4.39 Å². The van der Waals surface area contributed by atoms with Gasteiger partial charge >= 0.3 is 0 Å². The second-order valence-corrected chi connectivity index (χ2v) is 6.05. The summed E-state index contributed by atoms with van der Waals surface area (Å²) in [7, 11) is 0. The summed E-state index contributed by atoms with van der Waals surface area (Å²) in [6.07, 6.45) is 1.00. The van der Waals surface area contributed by atoms with E-state index in [0.717, 1.165) is 30.8 Å². The number of rotatable bonds is 3. The Hall–Kier alpha value is -1.58. The topological polar surface area (TPSA) is 29.3 Å². The van der Waals surface area contributed by atoms with E-state index in [1.165, 1.54) is 5.56 Å². The Kier molecular flexibility index (Phi) is 5.43. The van der Waals surface area contributed by atoms with Gasteiger partial charge in [-0.3, -0.25) is 4.90 Å². The quantitative estimate of drug-likeness (QED) is 0.849. The molecule has 3 rings (SSSR count). The van der Waals surface area contributed by atoms with Gasteiger partial charge in [0, 0.05) is 30.4 Å². The van der Waals surface area contributed by atoms with Gasteiger partial charge in [0.1, 0.15) is 5.82 Å². The van der Waals surface area contributed by atoms with Crippen LogP contribution in [0.1, 0.15) is 30.5 Å². The third-order valence-corrected chi connectivity index (χ3v) is 4.21. The van der Waals surface area contributed by atoms with E-state index in [2.05, 4.69) is 17.9 Å². The zero-order chi connectivity index (χ0) is 14.8. The number of anilines is 1. The van der Waals surface area contributed by atoms with Gasteiger partial charge in [-0.05, 0) is 36.1 Å². The van der Waals surface area contributed by atoms with Crippen LogP contribution in [0.4, 0.5) is 10.1 Å². The maximum absolute atomic E-state index is 14.1. The van der Waals surface area contributed by atoms with Gasteiger partial charge < -0.3 is 5.73 Å². The Morgan fingerprint density at radius 2 is 1.95 bits per heavy atom. The minimum Gasteiger partial charge on any atom is -0.399 e. The Labute approximate surface area is 137 Å². The SMILES string of the molecule is CC1CC(c2ccccc2F)N(Cc2cccc(N)c2)C1.Cl. The summed E-state index contributed by atoms with van der Waals surface area (Å²) in [5, 5.41) is 0. The fourth-order valence-corrected chi connectivity index (χ4v) is 3.30. The maximum atomic E-state index is 14.1. The number of nitrogen functional groups attached to an aromatic ring is 1. The van der Waals surface area contributed by atoms with Crippen molar-refractivity contribution in [2.45, 2.75) is 25.9 Å². The van der Waals surface area contributed by atoms with E-state index in [-0.39, 0.29) is 24.3 Å². The first-order valence-corrected chi connectivity index (χ1v) is 7.46. The molecule has 2 unspecified atom stereocenters. The van der Waals surface area contributed by atoms with Gasteiger partial charge in [-0.25, -0.2) is 4.39 Å². The zero-order valence-corrected chi connectivity index (χ0v) is 13.5. The molecule has 1 heterocycles. The molecule has 1 saturated heterocycles. The molecule has 0 saturated carbocycles. The van der Waals surface area contributed by atoms with Crippen molar-refractivity contribution in [1.82, 2.24) is 4.90 Å². The Morgan fingerprint density at radius 3 is 2.68 bits per heavy atom. The molecule has 4 heteroatoms. The Balaban J connectivity index is 0.00000176. The minimum atomic E-state index is -0.103. The fourth-order valence-electron chi connectivity index (χ4n) is 3.30. The van der Waals surface area contributed by atoms with Crippen LogP contribution in [-0.2, 0) is 6.54 Å². The number of halogens is 2. The van der Waals surface area contributed by atoms with Gasteiger partial charge in [0.25, 0.3) is 0 Å². The van der Waals surface area contributed by atoms with E-state index in [4.69, 9.17) is 5.73 Å². The van der Waals surface area contributed by atoms with E-state index in [1.54, 1.807) is 12.1 Å². The smallest absolute Gasteiger partial charge is 0.127 e. The van der Waals surface area contributed by atoms with Gasteiger partial charge in [0.05, 0.1) is 0 Å². The van der Waals surface area contributed by atoms with Crippen LogP contribution in [-0.4, -0.2) is 11.4 Å². The van der Waals surface area contributed by atoms with Crippen molar-refractivity contribution >= 4 is 18.1 Å². The molecule has 0 amide bonds. The Morgan fingerprint density at radius 1 is 1.18 bits per heavy atom. The predicted octanol–water partition coefficient (Wildman–Crippen LogP) is 4.41. The largest absolute Gasteiger partial charge is 0.399 e. The lowest BCUT2D eigenvalue weighted by Crippen LogP contribution is -2.24. The molecule has 1 fully saturated rings. The van der Waals surface area contributed by atoms with Gasteiger partial charge in [-0.1, -0.05) is 37.3 Å². The van der Waals surface area contributed by atoms with E-state index in [0.29, 0.717) is 5.92 Å². The molecule has 118 valence electrons. The summed E-state index contributed by atoms with van der Waals surface area (Å²) in [5.74, 6) is 0.477. The highest BCUT2D eigenvalue weighted by Crippen LogP contribution is 2.37. The first-order valence-electron chi connectivity index (χ1n) is 7.46. The summed E-state index contributed by atoms with van der Waals surface area (Å²) in [6.45, 7) is 4.04. The average molecular weight is 321 g/mol. The number of nitrogens with zero attached hydrogens (tertiary/aromatic N) is 1. The van der Waals surface area contributed by atoms with Crippen LogP contribution in [0.2, 0.25) is 0 Å². The van der Waals surface area contributed by atoms with E-state index < -0.39 is 0 Å². The third kappa shape index (κ3) is 3.60. The normalized spacial score (nSPS) is 21.5. The monoisotopic (exact) mass is 320 g/mol. The zero-order valence-electron chi connectivity index (χ0n) is 12.7. The molecule has 2 aromatic carbocycles. The van der Waals surface area contributed by atoms with Crippen molar-refractivity contribution in [3.05, 3.63) is 65.5 Å². The molecular formula is C18H22ClFN2. The van der Waals surface area contributed by atoms with Gasteiger partial charge in [0.15, 0.2) is 0 Å². The summed E-state index contributed by atoms with van der Waals surface area (Å²) >= 11 is 0. The number of hydrogen-bond acceptors (Lipinski definition) is 2. The summed E-state index contributed by atoms with van der Waals surface area (Å²) in [5.41, 5.74) is 8.63. The average Bonchev–Trinajstić information content (AvgIpc) is 2.80. The molecule has 2 atom stereocenters. The first-order chi connectivity index (χ1) is 10.1. The Bertz CT molecular complexity index is 632. The van der Waals surface area contributed by atoms with E-state index in [1.807, 2.05) is 30.3 Å². The standard InChI is InChI=1S/C18H21FN2.ClH/c1-13-9-18(16-7-2-3-8-17(16)19)21(11-13)12-14-5-4-6-15(20)10-14;/h2-8,10,13,18H,9,11-12,20H2,1H3;1H. The van der Waals surface area contributed by atoms with Crippen molar-refractivity contribution < 1.29 is 4.39 Å². The lowest BCUT2D eigenvalue weighted by Gasteiger charge is -2.25. The number of benzene rings is 2. The van der Waals surface area contributed by atoms with Crippen molar-refractivity contribution in [3.63, 3.8) is 0 Å². The first kappa shape index (κ1) is 16.8. The molecule has 1 aliphatic rings. The third-order valence-electron chi connectivity index (χ3n) is 4.21.